The summed E-state index contributed by atoms with van der Waals surface area (Å²) in [6.45, 7) is 2.90. The van der Waals surface area contributed by atoms with Crippen molar-refractivity contribution >= 4 is 21.9 Å². The molecule has 1 aliphatic rings. The van der Waals surface area contributed by atoms with Crippen molar-refractivity contribution in [2.24, 2.45) is 5.73 Å². The van der Waals surface area contributed by atoms with E-state index in [9.17, 15) is 4.79 Å². The quantitative estimate of drug-likeness (QED) is 0.844. The fourth-order valence-corrected chi connectivity index (χ4v) is 2.76. The molecule has 1 unspecified atom stereocenters. The number of benzene rings is 1. The first-order chi connectivity index (χ1) is 9.11. The molecule has 0 amide bonds. The first-order valence-corrected chi connectivity index (χ1v) is 7.27. The molecule has 1 aromatic rings. The molecule has 0 spiro atoms. The molecule has 0 saturated carbocycles. The van der Waals surface area contributed by atoms with Crippen molar-refractivity contribution < 1.29 is 14.3 Å². The van der Waals surface area contributed by atoms with Crippen LogP contribution in [0.5, 0.6) is 5.75 Å². The van der Waals surface area contributed by atoms with Gasteiger partial charge < -0.3 is 15.2 Å². The lowest BCUT2D eigenvalue weighted by Gasteiger charge is -2.15. The van der Waals surface area contributed by atoms with E-state index in [1.807, 2.05) is 6.07 Å². The monoisotopic (exact) mass is 327 g/mol. The van der Waals surface area contributed by atoms with E-state index in [0.29, 0.717) is 26.1 Å². The number of fused-ring (bicyclic) bond motifs is 1. The Hall–Kier alpha value is -1.07. The number of hydrogen-bond donors (Lipinski definition) is 1. The van der Waals surface area contributed by atoms with Crippen molar-refractivity contribution in [3.63, 3.8) is 0 Å². The van der Waals surface area contributed by atoms with Crippen LogP contribution in [0.15, 0.2) is 16.6 Å². The van der Waals surface area contributed by atoms with Gasteiger partial charge in [0.2, 0.25) is 0 Å². The summed E-state index contributed by atoms with van der Waals surface area (Å²) in [6.07, 6.45) is 1.80. The third kappa shape index (κ3) is 3.48. The lowest BCUT2D eigenvalue weighted by Crippen LogP contribution is -2.14. The minimum Gasteiger partial charge on any atom is -0.493 e. The van der Waals surface area contributed by atoms with Gasteiger partial charge in [-0.2, -0.15) is 0 Å². The van der Waals surface area contributed by atoms with E-state index in [-0.39, 0.29) is 12.0 Å². The predicted octanol–water partition coefficient (Wildman–Crippen LogP) is 2.73. The van der Waals surface area contributed by atoms with Crippen LogP contribution in [0.1, 0.15) is 36.9 Å². The summed E-state index contributed by atoms with van der Waals surface area (Å²) in [4.78, 5) is 11.4. The van der Waals surface area contributed by atoms with Crippen LogP contribution in [0.3, 0.4) is 0 Å². The number of ether oxygens (including phenoxy) is 2. The minimum atomic E-state index is -0.214. The van der Waals surface area contributed by atoms with E-state index in [4.69, 9.17) is 15.2 Å². The van der Waals surface area contributed by atoms with E-state index in [2.05, 4.69) is 22.0 Å². The van der Waals surface area contributed by atoms with Crippen molar-refractivity contribution in [2.75, 3.05) is 13.2 Å². The van der Waals surface area contributed by atoms with Crippen LogP contribution >= 0.6 is 15.9 Å². The third-order valence-corrected chi connectivity index (χ3v) is 3.60. The lowest BCUT2D eigenvalue weighted by atomic mass is 9.99. The first-order valence-electron chi connectivity index (χ1n) is 6.48. The van der Waals surface area contributed by atoms with Crippen molar-refractivity contribution in [2.45, 2.75) is 32.2 Å². The Morgan fingerprint density at radius 1 is 1.58 bits per heavy atom. The standard InChI is InChI=1S/C14H18BrNO3/c1-2-18-13(17)4-3-12(16)11-8-10(15)7-9-5-6-19-14(9)11/h7-8,12H,2-6,16H2,1H3. The Balaban J connectivity index is 2.07. The van der Waals surface area contributed by atoms with Crippen LogP contribution in [0.4, 0.5) is 0 Å². The molecular formula is C14H18BrNO3. The molecule has 0 radical (unpaired) electrons. The van der Waals surface area contributed by atoms with E-state index in [1.54, 1.807) is 6.92 Å². The third-order valence-electron chi connectivity index (χ3n) is 3.14. The van der Waals surface area contributed by atoms with Crippen molar-refractivity contribution in [3.8, 4) is 5.75 Å². The summed E-state index contributed by atoms with van der Waals surface area (Å²) in [7, 11) is 0. The molecule has 2 N–H and O–H groups in total. The predicted molar refractivity (Wildman–Crippen MR) is 76.1 cm³/mol. The second kappa shape index (κ2) is 6.39. The molecule has 0 aromatic heterocycles. The number of esters is 1. The number of rotatable bonds is 5. The SMILES string of the molecule is CCOC(=O)CCC(N)c1cc(Br)cc2c1OCC2. The van der Waals surface area contributed by atoms with Gasteiger partial charge in [-0.05, 0) is 31.0 Å². The summed E-state index contributed by atoms with van der Waals surface area (Å²) < 4.78 is 11.6. The van der Waals surface area contributed by atoms with Crippen LogP contribution in [-0.2, 0) is 16.0 Å². The van der Waals surface area contributed by atoms with Gasteiger partial charge in [-0.3, -0.25) is 4.79 Å². The molecule has 1 atom stereocenters. The highest BCUT2D eigenvalue weighted by Crippen LogP contribution is 2.36. The summed E-state index contributed by atoms with van der Waals surface area (Å²) in [5, 5.41) is 0. The lowest BCUT2D eigenvalue weighted by molar-refractivity contribution is -0.143. The van der Waals surface area contributed by atoms with E-state index < -0.39 is 0 Å². The Morgan fingerprint density at radius 3 is 3.11 bits per heavy atom. The number of hydrogen-bond acceptors (Lipinski definition) is 4. The van der Waals surface area contributed by atoms with Gasteiger partial charge in [0, 0.05) is 28.9 Å². The molecule has 1 heterocycles. The maximum atomic E-state index is 11.4. The highest BCUT2D eigenvalue weighted by molar-refractivity contribution is 9.10. The van der Waals surface area contributed by atoms with Crippen molar-refractivity contribution in [1.29, 1.82) is 0 Å². The van der Waals surface area contributed by atoms with Crippen LogP contribution in [0.25, 0.3) is 0 Å². The molecule has 0 fully saturated rings. The van der Waals surface area contributed by atoms with Gasteiger partial charge in [-0.1, -0.05) is 15.9 Å². The second-order valence-corrected chi connectivity index (χ2v) is 5.45. The molecule has 19 heavy (non-hydrogen) atoms. The van der Waals surface area contributed by atoms with E-state index in [0.717, 1.165) is 22.2 Å². The van der Waals surface area contributed by atoms with Crippen LogP contribution in [-0.4, -0.2) is 19.2 Å². The van der Waals surface area contributed by atoms with Gasteiger partial charge in [-0.15, -0.1) is 0 Å². The zero-order chi connectivity index (χ0) is 13.8. The maximum absolute atomic E-state index is 11.4. The number of nitrogens with two attached hydrogens (primary N) is 1. The Kier molecular flexibility index (Phi) is 4.82. The average Bonchev–Trinajstić information content (AvgIpc) is 2.83. The molecule has 0 bridgehead atoms. The first kappa shape index (κ1) is 14.3. The Labute approximate surface area is 121 Å². The second-order valence-electron chi connectivity index (χ2n) is 4.53. The van der Waals surface area contributed by atoms with Crippen LogP contribution in [0.2, 0.25) is 0 Å². The molecule has 4 nitrogen and oxygen atoms in total. The van der Waals surface area contributed by atoms with Gasteiger partial charge in [0.25, 0.3) is 0 Å². The topological polar surface area (TPSA) is 61.5 Å². The van der Waals surface area contributed by atoms with Gasteiger partial charge >= 0.3 is 5.97 Å². The molecule has 0 saturated heterocycles. The molecular weight excluding hydrogens is 310 g/mol. The van der Waals surface area contributed by atoms with E-state index in [1.165, 1.54) is 5.56 Å². The Bertz CT molecular complexity index is 476. The molecule has 5 heteroatoms. The van der Waals surface area contributed by atoms with Crippen molar-refractivity contribution in [3.05, 3.63) is 27.7 Å². The van der Waals surface area contributed by atoms with Gasteiger partial charge in [0.05, 0.1) is 13.2 Å². The molecule has 2 rings (SSSR count). The number of halogens is 1. The largest absolute Gasteiger partial charge is 0.493 e. The summed E-state index contributed by atoms with van der Waals surface area (Å²) in [5.41, 5.74) is 8.31. The number of carbonyl (C=O) groups excluding carboxylic acids is 1. The molecule has 1 aliphatic heterocycles. The van der Waals surface area contributed by atoms with Crippen LogP contribution < -0.4 is 10.5 Å². The Morgan fingerprint density at radius 2 is 2.37 bits per heavy atom. The summed E-state index contributed by atoms with van der Waals surface area (Å²) in [6, 6.07) is 3.82. The molecule has 0 aliphatic carbocycles. The zero-order valence-electron chi connectivity index (χ0n) is 10.9. The smallest absolute Gasteiger partial charge is 0.305 e. The highest BCUT2D eigenvalue weighted by Gasteiger charge is 2.21. The summed E-state index contributed by atoms with van der Waals surface area (Å²) in [5.74, 6) is 0.685. The normalized spacial score (nSPS) is 14.7. The van der Waals surface area contributed by atoms with Crippen LogP contribution in [0, 0.1) is 0 Å². The molecule has 104 valence electrons. The fourth-order valence-electron chi connectivity index (χ4n) is 2.24. The van der Waals surface area contributed by atoms with Gasteiger partial charge in [0.1, 0.15) is 5.75 Å². The highest BCUT2D eigenvalue weighted by atomic mass is 79.9. The van der Waals surface area contributed by atoms with Crippen molar-refractivity contribution in [1.82, 2.24) is 0 Å². The minimum absolute atomic E-state index is 0.203. The van der Waals surface area contributed by atoms with E-state index >= 15 is 0 Å². The average molecular weight is 328 g/mol. The maximum Gasteiger partial charge on any atom is 0.305 e. The number of carbonyl (C=O) groups is 1. The molecule has 1 aromatic carbocycles. The fraction of sp³-hybridized carbons (Fsp3) is 0.500. The van der Waals surface area contributed by atoms with Gasteiger partial charge in [-0.25, -0.2) is 0 Å². The van der Waals surface area contributed by atoms with Gasteiger partial charge in [0.15, 0.2) is 0 Å². The zero-order valence-corrected chi connectivity index (χ0v) is 12.5. The summed E-state index contributed by atoms with van der Waals surface area (Å²) >= 11 is 3.49.